The monoisotopic (exact) mass is 331 g/mol. The lowest BCUT2D eigenvalue weighted by atomic mass is 10.1. The van der Waals surface area contributed by atoms with E-state index in [1.165, 1.54) is 0 Å². The maximum atomic E-state index is 12.5. The van der Waals surface area contributed by atoms with Gasteiger partial charge in [-0.25, -0.2) is 0 Å². The number of nitrogens with two attached hydrogens (primary N) is 1. The van der Waals surface area contributed by atoms with Crippen LogP contribution in [0.4, 0.5) is 5.69 Å². The first-order chi connectivity index (χ1) is 9.61. The largest absolute Gasteiger partial charge is 0.339 e. The molecule has 1 aromatic carbocycles. The van der Waals surface area contributed by atoms with Crippen LogP contribution in [-0.2, 0) is 4.79 Å². The number of amides is 2. The van der Waals surface area contributed by atoms with Gasteiger partial charge in [0.1, 0.15) is 0 Å². The molecule has 7 heteroatoms. The zero-order valence-electron chi connectivity index (χ0n) is 11.6. The van der Waals surface area contributed by atoms with Crippen LogP contribution in [0.1, 0.15) is 29.6 Å². The van der Waals surface area contributed by atoms with Crippen LogP contribution in [0.2, 0.25) is 5.02 Å². The molecular weight excluding hydrogens is 313 g/mol. The zero-order valence-corrected chi connectivity index (χ0v) is 13.2. The van der Waals surface area contributed by atoms with E-state index >= 15 is 0 Å². The van der Waals surface area contributed by atoms with Crippen LogP contribution in [0.25, 0.3) is 0 Å². The minimum Gasteiger partial charge on any atom is -0.339 e. The summed E-state index contributed by atoms with van der Waals surface area (Å²) in [7, 11) is 0. The molecule has 2 amide bonds. The second-order valence-electron chi connectivity index (χ2n) is 4.80. The summed E-state index contributed by atoms with van der Waals surface area (Å²) in [6, 6.07) is 4.87. The van der Waals surface area contributed by atoms with Gasteiger partial charge in [-0.05, 0) is 37.5 Å². The van der Waals surface area contributed by atoms with Gasteiger partial charge in [-0.3, -0.25) is 9.59 Å². The molecule has 21 heavy (non-hydrogen) atoms. The lowest BCUT2D eigenvalue weighted by molar-refractivity contribution is -0.114. The number of benzene rings is 1. The lowest BCUT2D eigenvalue weighted by Gasteiger charge is -2.27. The van der Waals surface area contributed by atoms with E-state index in [2.05, 4.69) is 5.32 Å². The minimum absolute atomic E-state index is 0. The topological polar surface area (TPSA) is 75.4 Å². The Morgan fingerprint density at radius 3 is 2.52 bits per heavy atom. The normalized spacial score (nSPS) is 14.3. The fourth-order valence-electron chi connectivity index (χ4n) is 2.27. The highest BCUT2D eigenvalue weighted by atomic mass is 35.5. The zero-order chi connectivity index (χ0) is 14.5. The Kier molecular flexibility index (Phi) is 6.95. The summed E-state index contributed by atoms with van der Waals surface area (Å²) in [5, 5.41) is 3.09. The first-order valence-electron chi connectivity index (χ1n) is 6.70. The first-order valence-corrected chi connectivity index (χ1v) is 7.08. The van der Waals surface area contributed by atoms with Crippen LogP contribution in [0, 0.1) is 0 Å². The lowest BCUT2D eigenvalue weighted by Crippen LogP contribution is -2.36. The molecule has 0 spiro atoms. The molecule has 1 heterocycles. The maximum Gasteiger partial charge on any atom is 0.255 e. The Labute approximate surface area is 135 Å². The van der Waals surface area contributed by atoms with E-state index in [0.29, 0.717) is 16.3 Å². The third-order valence-electron chi connectivity index (χ3n) is 3.31. The molecule has 1 aliphatic rings. The Morgan fingerprint density at radius 1 is 1.24 bits per heavy atom. The van der Waals surface area contributed by atoms with E-state index in [1.807, 2.05) is 4.90 Å². The van der Waals surface area contributed by atoms with Crippen LogP contribution < -0.4 is 11.1 Å². The average Bonchev–Trinajstić information content (AvgIpc) is 2.47. The number of halogens is 2. The highest BCUT2D eigenvalue weighted by Crippen LogP contribution is 2.24. The number of carbonyl (C=O) groups is 2. The van der Waals surface area contributed by atoms with Crippen molar-refractivity contribution in [3.8, 4) is 0 Å². The van der Waals surface area contributed by atoms with Crippen molar-refractivity contribution in [2.45, 2.75) is 19.3 Å². The summed E-state index contributed by atoms with van der Waals surface area (Å²) < 4.78 is 0. The Balaban J connectivity index is 0.00000220. The van der Waals surface area contributed by atoms with Gasteiger partial charge in [0.2, 0.25) is 5.91 Å². The first kappa shape index (κ1) is 17.8. The maximum absolute atomic E-state index is 12.5. The molecule has 1 fully saturated rings. The number of rotatable bonds is 3. The van der Waals surface area contributed by atoms with Crippen molar-refractivity contribution < 1.29 is 9.59 Å². The van der Waals surface area contributed by atoms with E-state index < -0.39 is 0 Å². The standard InChI is InChI=1S/C14H18ClN3O2.ClH/c15-10-4-5-11(12(8-10)17-13(19)9-16)14(20)18-6-2-1-3-7-18;/h4-5,8H,1-3,6-7,9,16H2,(H,17,19);1H. The molecule has 0 radical (unpaired) electrons. The number of nitrogens with one attached hydrogen (secondary N) is 1. The molecule has 116 valence electrons. The number of hydrogen-bond donors (Lipinski definition) is 2. The SMILES string of the molecule is Cl.NCC(=O)Nc1cc(Cl)ccc1C(=O)N1CCCCC1. The van der Waals surface area contributed by atoms with E-state index in [-0.39, 0.29) is 30.8 Å². The van der Waals surface area contributed by atoms with Crippen molar-refractivity contribution in [3.63, 3.8) is 0 Å². The Morgan fingerprint density at radius 2 is 1.90 bits per heavy atom. The third-order valence-corrected chi connectivity index (χ3v) is 3.55. The van der Waals surface area contributed by atoms with Crippen molar-refractivity contribution in [1.82, 2.24) is 4.90 Å². The summed E-state index contributed by atoms with van der Waals surface area (Å²) in [5.74, 6) is -0.423. The average molecular weight is 332 g/mol. The number of anilines is 1. The second kappa shape index (κ2) is 8.22. The summed E-state index contributed by atoms with van der Waals surface area (Å²) in [4.78, 5) is 25.8. The smallest absolute Gasteiger partial charge is 0.255 e. The van der Waals surface area contributed by atoms with Gasteiger partial charge in [0.25, 0.3) is 5.91 Å². The number of hydrogen-bond acceptors (Lipinski definition) is 3. The molecule has 0 aromatic heterocycles. The summed E-state index contributed by atoms with van der Waals surface area (Å²) in [5.41, 5.74) is 6.16. The molecule has 1 aliphatic heterocycles. The molecule has 5 nitrogen and oxygen atoms in total. The molecule has 1 saturated heterocycles. The van der Waals surface area contributed by atoms with Crippen molar-refractivity contribution in [1.29, 1.82) is 0 Å². The second-order valence-corrected chi connectivity index (χ2v) is 5.23. The third kappa shape index (κ3) is 4.59. The van der Waals surface area contributed by atoms with Gasteiger partial charge in [-0.15, -0.1) is 12.4 Å². The molecule has 2 rings (SSSR count). The van der Waals surface area contributed by atoms with Crippen LogP contribution in [-0.4, -0.2) is 36.3 Å². The fourth-order valence-corrected chi connectivity index (χ4v) is 2.45. The predicted molar refractivity (Wildman–Crippen MR) is 86.1 cm³/mol. The fraction of sp³-hybridized carbons (Fsp3) is 0.429. The molecule has 1 aromatic rings. The van der Waals surface area contributed by atoms with E-state index in [0.717, 1.165) is 32.4 Å². The van der Waals surface area contributed by atoms with Gasteiger partial charge in [0, 0.05) is 18.1 Å². The van der Waals surface area contributed by atoms with E-state index in [4.69, 9.17) is 17.3 Å². The Hall–Kier alpha value is -1.30. The van der Waals surface area contributed by atoms with Gasteiger partial charge in [0.05, 0.1) is 17.8 Å². The Bertz CT molecular complexity index is 517. The summed E-state index contributed by atoms with van der Waals surface area (Å²) >= 11 is 5.93. The van der Waals surface area contributed by atoms with Gasteiger partial charge in [0.15, 0.2) is 0 Å². The van der Waals surface area contributed by atoms with Crippen LogP contribution >= 0.6 is 24.0 Å². The van der Waals surface area contributed by atoms with Gasteiger partial charge in [-0.2, -0.15) is 0 Å². The molecule has 0 unspecified atom stereocenters. The highest BCUT2D eigenvalue weighted by molar-refractivity contribution is 6.31. The molecule has 0 atom stereocenters. The number of piperidine rings is 1. The molecule has 0 bridgehead atoms. The van der Waals surface area contributed by atoms with Crippen LogP contribution in [0.15, 0.2) is 18.2 Å². The van der Waals surface area contributed by atoms with E-state index in [1.54, 1.807) is 18.2 Å². The highest BCUT2D eigenvalue weighted by Gasteiger charge is 2.21. The van der Waals surface area contributed by atoms with E-state index in [9.17, 15) is 9.59 Å². The van der Waals surface area contributed by atoms with Gasteiger partial charge >= 0.3 is 0 Å². The number of carbonyl (C=O) groups excluding carboxylic acids is 2. The van der Waals surface area contributed by atoms with Crippen molar-refractivity contribution in [3.05, 3.63) is 28.8 Å². The summed E-state index contributed by atoms with van der Waals surface area (Å²) in [6.45, 7) is 1.38. The van der Waals surface area contributed by atoms with Crippen LogP contribution in [0.5, 0.6) is 0 Å². The minimum atomic E-state index is -0.347. The molecule has 0 aliphatic carbocycles. The molecule has 3 N–H and O–H groups in total. The number of likely N-dealkylation sites (tertiary alicyclic amines) is 1. The predicted octanol–water partition coefficient (Wildman–Crippen LogP) is 2.29. The van der Waals surface area contributed by atoms with Crippen LogP contribution in [0.3, 0.4) is 0 Å². The molecule has 0 saturated carbocycles. The van der Waals surface area contributed by atoms with Crippen molar-refractivity contribution >= 4 is 41.5 Å². The van der Waals surface area contributed by atoms with Gasteiger partial charge < -0.3 is 16.0 Å². The number of nitrogens with zero attached hydrogens (tertiary/aromatic N) is 1. The quantitative estimate of drug-likeness (QED) is 0.892. The van der Waals surface area contributed by atoms with Crippen molar-refractivity contribution in [2.75, 3.05) is 25.0 Å². The summed E-state index contributed by atoms with van der Waals surface area (Å²) in [6.07, 6.45) is 3.19. The van der Waals surface area contributed by atoms with Gasteiger partial charge in [-0.1, -0.05) is 11.6 Å². The molecular formula is C14H19Cl2N3O2. The van der Waals surface area contributed by atoms with Crippen molar-refractivity contribution in [2.24, 2.45) is 5.73 Å².